The summed E-state index contributed by atoms with van der Waals surface area (Å²) in [5.41, 5.74) is 0. The number of benzene rings is 6. The van der Waals surface area contributed by atoms with E-state index in [0.717, 1.165) is 0 Å². The van der Waals surface area contributed by atoms with Crippen LogP contribution in [-0.2, 0) is 0 Å². The zero-order valence-corrected chi connectivity index (χ0v) is 30.8. The lowest BCUT2D eigenvalue weighted by Crippen LogP contribution is -2.33. The zero-order valence-electron chi connectivity index (χ0n) is 29.0. The summed E-state index contributed by atoms with van der Waals surface area (Å²) in [5, 5.41) is 9.03. The zero-order chi connectivity index (χ0) is 33.5. The summed E-state index contributed by atoms with van der Waals surface area (Å²) in [6.07, 6.45) is 14.4. The first-order valence-corrected chi connectivity index (χ1v) is 22.4. The van der Waals surface area contributed by atoms with Gasteiger partial charge in [-0.1, -0.05) is 141 Å². The second-order valence-electron chi connectivity index (χ2n) is 13.3. The van der Waals surface area contributed by atoms with Gasteiger partial charge in [0.05, 0.1) is 12.3 Å². The Balaban J connectivity index is 1.02. The third-order valence-electron chi connectivity index (χ3n) is 10.2. The average Bonchev–Trinajstić information content (AvgIpc) is 3.19. The highest BCUT2D eigenvalue weighted by Gasteiger charge is 2.45. The third kappa shape index (κ3) is 8.50. The number of unbranched alkanes of at least 4 members (excludes halogenated alkanes) is 8. The lowest BCUT2D eigenvalue weighted by Gasteiger charge is -2.27. The first-order valence-electron chi connectivity index (χ1n) is 18.4. The van der Waals surface area contributed by atoms with Crippen molar-refractivity contribution in [2.45, 2.75) is 57.8 Å². The summed E-state index contributed by atoms with van der Waals surface area (Å²) < 4.78 is 0. The van der Waals surface area contributed by atoms with Crippen LogP contribution in [-0.4, -0.2) is 12.3 Å². The molecule has 6 aromatic carbocycles. The molecule has 0 N–H and O–H groups in total. The van der Waals surface area contributed by atoms with Gasteiger partial charge in [-0.15, -0.1) is 0 Å². The molecule has 0 fully saturated rings. The quantitative estimate of drug-likeness (QED) is 0.0627. The molecule has 248 valence electrons. The van der Waals surface area contributed by atoms with Gasteiger partial charge in [0, 0.05) is 0 Å². The molecule has 0 aliphatic heterocycles. The van der Waals surface area contributed by atoms with Gasteiger partial charge in [-0.25, -0.2) is 0 Å². The number of hydrogen-bond acceptors (Lipinski definition) is 0. The largest absolute Gasteiger partial charge is 0.112 e. The first kappa shape index (κ1) is 35.0. The Morgan fingerprint density at radius 3 is 0.551 bits per heavy atom. The molecule has 0 saturated carbocycles. The summed E-state index contributed by atoms with van der Waals surface area (Å²) in [6.45, 7) is 0. The van der Waals surface area contributed by atoms with E-state index in [2.05, 4.69) is 182 Å². The Morgan fingerprint density at radius 2 is 0.367 bits per heavy atom. The predicted molar refractivity (Wildman–Crippen MR) is 222 cm³/mol. The SMILES string of the molecule is c1ccc([P+](CCCCCCCCCCC[P+](c2ccccc2)(c2ccccc2)c2ccccc2)(c2ccccc2)c2ccccc2)cc1. The van der Waals surface area contributed by atoms with Crippen LogP contribution in [0.2, 0.25) is 0 Å². The minimum atomic E-state index is -1.71. The predicted octanol–water partition coefficient (Wildman–Crippen LogP) is 10.5. The van der Waals surface area contributed by atoms with E-state index in [4.69, 9.17) is 0 Å². The molecule has 0 aliphatic carbocycles. The summed E-state index contributed by atoms with van der Waals surface area (Å²) in [5.74, 6) is 0. The molecule has 0 spiro atoms. The monoisotopic (exact) mass is 678 g/mol. The van der Waals surface area contributed by atoms with E-state index in [0.29, 0.717) is 0 Å². The van der Waals surface area contributed by atoms with E-state index in [-0.39, 0.29) is 0 Å². The van der Waals surface area contributed by atoms with Crippen molar-refractivity contribution in [1.82, 2.24) is 0 Å². The van der Waals surface area contributed by atoms with Crippen LogP contribution in [0.4, 0.5) is 0 Å². The fourth-order valence-electron chi connectivity index (χ4n) is 7.70. The first-order chi connectivity index (χ1) is 24.3. The Labute approximate surface area is 297 Å². The summed E-state index contributed by atoms with van der Waals surface area (Å²) in [4.78, 5) is 0. The Bertz CT molecular complexity index is 1430. The molecule has 0 atom stereocenters. The van der Waals surface area contributed by atoms with Crippen LogP contribution >= 0.6 is 14.5 Å². The van der Waals surface area contributed by atoms with Gasteiger partial charge in [0.25, 0.3) is 0 Å². The summed E-state index contributed by atoms with van der Waals surface area (Å²) in [7, 11) is -3.41. The van der Waals surface area contributed by atoms with E-state index in [1.165, 1.54) is 102 Å². The second kappa shape index (κ2) is 18.3. The molecule has 0 aliphatic rings. The van der Waals surface area contributed by atoms with Crippen LogP contribution in [0, 0.1) is 0 Å². The Morgan fingerprint density at radius 1 is 0.204 bits per heavy atom. The van der Waals surface area contributed by atoms with Crippen molar-refractivity contribution in [3.05, 3.63) is 182 Å². The van der Waals surface area contributed by atoms with Crippen LogP contribution in [0.15, 0.2) is 182 Å². The molecule has 6 aromatic rings. The molecule has 0 heterocycles. The van der Waals surface area contributed by atoms with Gasteiger partial charge in [0.15, 0.2) is 0 Å². The van der Waals surface area contributed by atoms with Gasteiger partial charge >= 0.3 is 0 Å². The van der Waals surface area contributed by atoms with Gasteiger partial charge < -0.3 is 0 Å². The van der Waals surface area contributed by atoms with Gasteiger partial charge in [-0.3, -0.25) is 0 Å². The van der Waals surface area contributed by atoms with Crippen molar-refractivity contribution in [2.75, 3.05) is 12.3 Å². The van der Waals surface area contributed by atoms with Gasteiger partial charge in [0.1, 0.15) is 46.4 Å². The van der Waals surface area contributed by atoms with Crippen LogP contribution in [0.5, 0.6) is 0 Å². The molecule has 0 radical (unpaired) electrons. The van der Waals surface area contributed by atoms with Crippen molar-refractivity contribution in [2.24, 2.45) is 0 Å². The fourth-order valence-corrected chi connectivity index (χ4v) is 16.5. The highest BCUT2D eigenvalue weighted by Crippen LogP contribution is 2.57. The molecule has 0 unspecified atom stereocenters. The topological polar surface area (TPSA) is 0 Å². The minimum Gasteiger partial charge on any atom is -0.0620 e. The van der Waals surface area contributed by atoms with Crippen LogP contribution < -0.4 is 31.8 Å². The van der Waals surface area contributed by atoms with E-state index < -0.39 is 14.5 Å². The van der Waals surface area contributed by atoms with E-state index >= 15 is 0 Å². The van der Waals surface area contributed by atoms with Gasteiger partial charge in [0.2, 0.25) is 0 Å². The molecule has 0 amide bonds. The molecular weight excluding hydrogens is 626 g/mol. The fraction of sp³-hybridized carbons (Fsp3) is 0.234. The molecule has 0 aromatic heterocycles. The molecule has 49 heavy (non-hydrogen) atoms. The molecule has 0 bridgehead atoms. The van der Waals surface area contributed by atoms with Crippen LogP contribution in [0.3, 0.4) is 0 Å². The van der Waals surface area contributed by atoms with Crippen molar-refractivity contribution < 1.29 is 0 Å². The lowest BCUT2D eigenvalue weighted by atomic mass is 10.1. The standard InChI is InChI=1S/C47H52P2/c1(2-4-6-26-40-48(42-28-14-8-15-29-42,43-30-16-9-17-31-43)44-32-18-10-19-33-44)3-5-7-27-41-49(45-34-20-11-21-35-45,46-36-22-12-23-37-46)47-38-24-13-25-39-47/h8-25,28-39H,1-7,26-27,40-41H2/q+2. The summed E-state index contributed by atoms with van der Waals surface area (Å²) in [6, 6.07) is 68.1. The highest BCUT2D eigenvalue weighted by molar-refractivity contribution is 7.96. The average molecular weight is 679 g/mol. The van der Waals surface area contributed by atoms with Gasteiger partial charge in [-0.05, 0) is 98.5 Å². The maximum atomic E-state index is 2.37. The van der Waals surface area contributed by atoms with Crippen LogP contribution in [0.25, 0.3) is 0 Å². The Hall–Kier alpha value is -3.82. The molecule has 6 rings (SSSR count). The second-order valence-corrected chi connectivity index (χ2v) is 20.5. The van der Waals surface area contributed by atoms with Crippen molar-refractivity contribution in [1.29, 1.82) is 0 Å². The van der Waals surface area contributed by atoms with E-state index in [1.54, 1.807) is 0 Å². The van der Waals surface area contributed by atoms with E-state index in [9.17, 15) is 0 Å². The minimum absolute atomic E-state index is 1.24. The number of rotatable bonds is 18. The normalized spacial score (nSPS) is 11.8. The molecular formula is C47H52P2+2. The maximum absolute atomic E-state index is 2.37. The van der Waals surface area contributed by atoms with Crippen molar-refractivity contribution >= 4 is 46.4 Å². The third-order valence-corrected chi connectivity index (χ3v) is 19.2. The molecule has 2 heteroatoms. The Kier molecular flexibility index (Phi) is 13.0. The smallest absolute Gasteiger partial charge is 0.0620 e. The highest BCUT2D eigenvalue weighted by atomic mass is 31.2. The summed E-state index contributed by atoms with van der Waals surface area (Å²) >= 11 is 0. The van der Waals surface area contributed by atoms with Crippen molar-refractivity contribution in [3.63, 3.8) is 0 Å². The van der Waals surface area contributed by atoms with E-state index in [1.807, 2.05) is 0 Å². The van der Waals surface area contributed by atoms with Crippen LogP contribution in [0.1, 0.15) is 57.8 Å². The van der Waals surface area contributed by atoms with Crippen molar-refractivity contribution in [3.8, 4) is 0 Å². The van der Waals surface area contributed by atoms with Gasteiger partial charge in [-0.2, -0.15) is 0 Å². The number of hydrogen-bond donors (Lipinski definition) is 0. The molecule has 0 nitrogen and oxygen atoms in total. The maximum Gasteiger partial charge on any atom is 0.112 e. The lowest BCUT2D eigenvalue weighted by molar-refractivity contribution is 0.573. The molecule has 0 saturated heterocycles.